The normalized spacial score (nSPS) is 15.6. The second-order valence-electron chi connectivity index (χ2n) is 18.2. The van der Waals surface area contributed by atoms with Gasteiger partial charge in [0.2, 0.25) is 24.1 Å². The van der Waals surface area contributed by atoms with Gasteiger partial charge >= 0.3 is 0 Å². The van der Waals surface area contributed by atoms with Crippen LogP contribution >= 0.6 is 23.2 Å². The number of benzene rings is 2. The summed E-state index contributed by atoms with van der Waals surface area (Å²) in [5.41, 5.74) is 6.94. The molecule has 0 saturated carbocycles. The molecule has 0 spiro atoms. The summed E-state index contributed by atoms with van der Waals surface area (Å²) in [5, 5.41) is 8.67. The van der Waals surface area contributed by atoms with Crippen LogP contribution < -0.4 is 41.6 Å². The van der Waals surface area contributed by atoms with Crippen LogP contribution in [0.5, 0.6) is 11.6 Å². The molecule has 5 N–H and O–H groups in total. The van der Waals surface area contributed by atoms with Crippen LogP contribution in [0.1, 0.15) is 150 Å². The number of aryl methyl sites for hydroxylation is 1. The number of halogens is 2. The number of pyridine rings is 2. The van der Waals surface area contributed by atoms with Crippen molar-refractivity contribution in [3.8, 4) is 23.0 Å². The van der Waals surface area contributed by atoms with Gasteiger partial charge in [-0.05, 0) is 95.1 Å². The van der Waals surface area contributed by atoms with E-state index in [1.54, 1.807) is 31.3 Å². The molecule has 3 aliphatic rings. The number of rotatable bonds is 21. The smallest absolute Gasteiger partial charge is 0.279 e. The molecule has 3 aliphatic heterocycles. The number of ether oxygens (including phenoxy) is 2. The molecule has 1 saturated heterocycles. The Morgan fingerprint density at radius 1 is 0.842 bits per heavy atom. The van der Waals surface area contributed by atoms with Crippen LogP contribution in [0.2, 0.25) is 10.0 Å². The van der Waals surface area contributed by atoms with Gasteiger partial charge in [-0.2, -0.15) is 0 Å². The molecular formula is C54H64Cl2N10O10. The van der Waals surface area contributed by atoms with Crippen LogP contribution in [0.3, 0.4) is 0 Å². The average molecular weight is 1080 g/mol. The number of nitrogens with zero attached hydrogens (tertiary/aromatic N) is 6. The molecule has 0 aliphatic carbocycles. The zero-order valence-corrected chi connectivity index (χ0v) is 45.0. The third-order valence-corrected chi connectivity index (χ3v) is 13.3. The molecule has 8 rings (SSSR count). The summed E-state index contributed by atoms with van der Waals surface area (Å²) in [6.07, 6.45) is 12.5. The summed E-state index contributed by atoms with van der Waals surface area (Å²) in [4.78, 5) is 111. The van der Waals surface area contributed by atoms with E-state index >= 15 is 0 Å². The predicted molar refractivity (Wildman–Crippen MR) is 287 cm³/mol. The average Bonchev–Trinajstić information content (AvgIpc) is 4.01. The van der Waals surface area contributed by atoms with Crippen molar-refractivity contribution >= 4 is 70.7 Å². The number of carbonyl (C=O) groups is 7. The molecule has 3 aromatic heterocycles. The SMILES string of the molecule is CCOc1ccc2c(c1)C(=O)N(C1CCC(=O)NC1=O)C2=O.CN.COc1ncc(C(=O)NCCCCCCCCCCNC=O)cc1-c1nc2c(n1C(C)C)C(c1ccc(Cl)cc1)N(c1cc(Cl)cn(C)c1=O)C2=O. The highest BCUT2D eigenvalue weighted by Crippen LogP contribution is 2.45. The minimum Gasteiger partial charge on any atom is -0.494 e. The fourth-order valence-corrected chi connectivity index (χ4v) is 9.71. The Bertz CT molecular complexity index is 3010. The third kappa shape index (κ3) is 13.0. The number of anilines is 1. The summed E-state index contributed by atoms with van der Waals surface area (Å²) < 4.78 is 14.3. The Labute approximate surface area is 450 Å². The number of aromatic nitrogens is 4. The van der Waals surface area contributed by atoms with Gasteiger partial charge in [-0.15, -0.1) is 0 Å². The molecule has 20 nitrogen and oxygen atoms in total. The van der Waals surface area contributed by atoms with Crippen LogP contribution in [-0.2, 0) is 21.4 Å². The van der Waals surface area contributed by atoms with Gasteiger partial charge in [0, 0.05) is 50.0 Å². The number of imidazole rings is 1. The van der Waals surface area contributed by atoms with Crippen molar-refractivity contribution in [1.82, 2.24) is 40.0 Å². The number of imide groups is 2. The lowest BCUT2D eigenvalue weighted by Gasteiger charge is -2.28. The Morgan fingerprint density at radius 3 is 2.13 bits per heavy atom. The Kier molecular flexibility index (Phi) is 20.5. The van der Waals surface area contributed by atoms with Gasteiger partial charge in [0.15, 0.2) is 5.69 Å². The van der Waals surface area contributed by atoms with Crippen molar-refractivity contribution in [3.63, 3.8) is 0 Å². The molecule has 0 bridgehead atoms. The molecule has 22 heteroatoms. The second kappa shape index (κ2) is 26.9. The number of carbonyl (C=O) groups excluding carboxylic acids is 7. The second-order valence-corrected chi connectivity index (χ2v) is 19.1. The minimum absolute atomic E-state index is 0.105. The van der Waals surface area contributed by atoms with Crippen molar-refractivity contribution in [3.05, 3.63) is 121 Å². The third-order valence-electron chi connectivity index (χ3n) is 12.9. The molecule has 0 radical (unpaired) electrons. The fraction of sp³-hybridized carbons (Fsp3) is 0.407. The van der Waals surface area contributed by atoms with E-state index in [2.05, 4.69) is 26.7 Å². The number of amides is 7. The van der Waals surface area contributed by atoms with Gasteiger partial charge in [0.05, 0.1) is 46.7 Å². The zero-order valence-electron chi connectivity index (χ0n) is 43.5. The summed E-state index contributed by atoms with van der Waals surface area (Å²) in [6, 6.07) is 13.0. The standard InChI is InChI=1S/C38H45Cl2N7O5.C15H14N2O5.CH5N/c1-24(2)46-33-31(38(51)47(30-20-28(40)22-45(3)37(30)50)32(33)25-13-15-27(39)16-14-25)44-34(46)29-19-26(21-43-36(29)52-4)35(49)42-18-12-10-8-6-5-7-9-11-17-41-23-48;1-2-22-8-3-4-9-10(7-8)15(21)17(14(9)20)11-5-6-12(18)16-13(11)19;1-2/h13-16,19-24,32H,5-12,17-18H2,1-4H3,(H,41,48)(H,42,49);3-4,7,11H,2,5-6H2,1H3,(H,16,18,19);2H2,1H3. The largest absolute Gasteiger partial charge is 0.494 e. The first-order chi connectivity index (χ1) is 36.6. The van der Waals surface area contributed by atoms with E-state index in [-0.39, 0.29) is 58.7 Å². The van der Waals surface area contributed by atoms with Gasteiger partial charge < -0.3 is 35.0 Å². The molecule has 404 valence electrons. The topological polar surface area (TPSA) is 259 Å². The first-order valence-electron chi connectivity index (χ1n) is 25.2. The predicted octanol–water partition coefficient (Wildman–Crippen LogP) is 6.95. The monoisotopic (exact) mass is 1080 g/mol. The molecule has 2 unspecified atom stereocenters. The summed E-state index contributed by atoms with van der Waals surface area (Å²) in [6.45, 7) is 7.46. The Hall–Kier alpha value is -7.42. The van der Waals surface area contributed by atoms with Gasteiger partial charge in [-0.25, -0.2) is 9.97 Å². The van der Waals surface area contributed by atoms with Gasteiger partial charge in [-0.3, -0.25) is 53.5 Å². The maximum Gasteiger partial charge on any atom is 0.279 e. The number of methoxy groups -OCH3 is 1. The number of fused-ring (bicyclic) bond motifs is 2. The maximum atomic E-state index is 14.4. The van der Waals surface area contributed by atoms with Crippen molar-refractivity contribution < 1.29 is 43.0 Å². The molecule has 5 aromatic rings. The molecular weight excluding hydrogens is 1020 g/mol. The summed E-state index contributed by atoms with van der Waals surface area (Å²) in [5.74, 6) is -1.65. The number of hydrogen-bond donors (Lipinski definition) is 4. The highest BCUT2D eigenvalue weighted by Gasteiger charge is 2.47. The highest BCUT2D eigenvalue weighted by atomic mass is 35.5. The molecule has 6 heterocycles. The molecule has 1 fully saturated rings. The van der Waals surface area contributed by atoms with Crippen LogP contribution in [0.15, 0.2) is 71.8 Å². The lowest BCUT2D eigenvalue weighted by molar-refractivity contribution is -0.136. The van der Waals surface area contributed by atoms with E-state index in [0.29, 0.717) is 57.2 Å². The first kappa shape index (κ1) is 57.9. The van der Waals surface area contributed by atoms with Crippen molar-refractivity contribution in [2.75, 3.05) is 38.8 Å². The quantitative estimate of drug-likeness (QED) is 0.0330. The van der Waals surface area contributed by atoms with E-state index in [4.69, 9.17) is 37.7 Å². The summed E-state index contributed by atoms with van der Waals surface area (Å²) in [7, 11) is 4.57. The van der Waals surface area contributed by atoms with Crippen molar-refractivity contribution in [1.29, 1.82) is 0 Å². The van der Waals surface area contributed by atoms with Gasteiger partial charge in [-0.1, -0.05) is 73.9 Å². The van der Waals surface area contributed by atoms with Crippen LogP contribution in [0, 0.1) is 0 Å². The van der Waals surface area contributed by atoms with E-state index in [1.807, 2.05) is 37.5 Å². The lowest BCUT2D eigenvalue weighted by Crippen LogP contribution is -2.54. The summed E-state index contributed by atoms with van der Waals surface area (Å²) >= 11 is 12.7. The number of unbranched alkanes of at least 4 members (excludes halogenated alkanes) is 7. The van der Waals surface area contributed by atoms with Crippen molar-refractivity contribution in [2.24, 2.45) is 12.8 Å². The van der Waals surface area contributed by atoms with E-state index in [1.165, 1.54) is 54.2 Å². The van der Waals surface area contributed by atoms with E-state index in [0.717, 1.165) is 69.2 Å². The number of nitrogens with two attached hydrogens (primary N) is 1. The zero-order chi connectivity index (χ0) is 55.2. The highest BCUT2D eigenvalue weighted by molar-refractivity contribution is 6.31. The van der Waals surface area contributed by atoms with Crippen LogP contribution in [-0.4, -0.2) is 106 Å². The number of piperidine rings is 1. The molecule has 2 aromatic carbocycles. The fourth-order valence-electron chi connectivity index (χ4n) is 9.34. The van der Waals surface area contributed by atoms with Gasteiger partial charge in [0.1, 0.15) is 29.3 Å². The number of nitrogens with one attached hydrogen (secondary N) is 3. The van der Waals surface area contributed by atoms with Crippen LogP contribution in [0.25, 0.3) is 11.4 Å². The molecule has 7 amide bonds. The van der Waals surface area contributed by atoms with E-state index < -0.39 is 41.6 Å². The Balaban J connectivity index is 0.000000323. The van der Waals surface area contributed by atoms with E-state index in [9.17, 15) is 38.4 Å². The Morgan fingerprint density at radius 2 is 1.50 bits per heavy atom. The van der Waals surface area contributed by atoms with Gasteiger partial charge in [0.25, 0.3) is 29.2 Å². The maximum absolute atomic E-state index is 14.4. The number of hydrogen-bond acceptors (Lipinski definition) is 13. The van der Waals surface area contributed by atoms with Crippen molar-refractivity contribution in [2.45, 2.75) is 103 Å². The molecule has 2 atom stereocenters. The minimum atomic E-state index is -0.944. The van der Waals surface area contributed by atoms with Crippen LogP contribution in [0.4, 0.5) is 5.69 Å². The lowest BCUT2D eigenvalue weighted by atomic mass is 10.0. The first-order valence-corrected chi connectivity index (χ1v) is 26.0. The molecule has 76 heavy (non-hydrogen) atoms.